The minimum atomic E-state index is -3.45. The molecule has 5 aromatic carbocycles. The predicted molar refractivity (Wildman–Crippen MR) is 150 cm³/mol. The Morgan fingerprint density at radius 2 is 0.917 bits per heavy atom. The maximum Gasteiger partial charge on any atom is 0.179 e. The zero-order chi connectivity index (χ0) is 24.8. The minimum Gasteiger partial charge on any atom is -0.507 e. The van der Waals surface area contributed by atoms with Crippen LogP contribution in [-0.4, -0.2) is 5.11 Å². The zero-order valence-corrected chi connectivity index (χ0v) is 20.6. The molecule has 174 valence electrons. The molecule has 0 fully saturated rings. The first-order valence-electron chi connectivity index (χ1n) is 11.8. The summed E-state index contributed by atoms with van der Waals surface area (Å²) >= 11 is 0. The van der Waals surface area contributed by atoms with Gasteiger partial charge in [-0.05, 0) is 23.3 Å². The molecule has 0 saturated heterocycles. The first-order chi connectivity index (χ1) is 17.7. The van der Waals surface area contributed by atoms with Crippen molar-refractivity contribution in [2.75, 3.05) is 0 Å². The van der Waals surface area contributed by atoms with Gasteiger partial charge in [-0.2, -0.15) is 0 Å². The molecule has 0 spiro atoms. The molecule has 0 atom stereocenters. The summed E-state index contributed by atoms with van der Waals surface area (Å²) < 4.78 is 15.4. The van der Waals surface area contributed by atoms with E-state index >= 15 is 4.57 Å². The van der Waals surface area contributed by atoms with Crippen molar-refractivity contribution in [2.24, 2.45) is 0 Å². The van der Waals surface area contributed by atoms with Gasteiger partial charge in [0.05, 0.1) is 5.31 Å². The van der Waals surface area contributed by atoms with Gasteiger partial charge in [-0.15, -0.1) is 0 Å². The van der Waals surface area contributed by atoms with Crippen molar-refractivity contribution >= 4 is 28.6 Å². The fraction of sp³-hybridized carbons (Fsp3) is 0. The van der Waals surface area contributed by atoms with Crippen LogP contribution in [0, 0.1) is 0 Å². The van der Waals surface area contributed by atoms with Gasteiger partial charge in [0.15, 0.2) is 7.14 Å². The Kier molecular flexibility index (Phi) is 6.83. The third-order valence-electron chi connectivity index (χ3n) is 6.08. The van der Waals surface area contributed by atoms with E-state index in [0.717, 1.165) is 16.7 Å². The number of hydrogen-bond acceptors (Lipinski definition) is 2. The van der Waals surface area contributed by atoms with Crippen LogP contribution in [0.4, 0.5) is 0 Å². The quantitative estimate of drug-likeness (QED) is 0.200. The van der Waals surface area contributed by atoms with Crippen LogP contribution in [0.5, 0.6) is 5.75 Å². The number of rotatable bonds is 6. The first-order valence-corrected chi connectivity index (χ1v) is 13.5. The van der Waals surface area contributed by atoms with E-state index in [4.69, 9.17) is 0 Å². The van der Waals surface area contributed by atoms with E-state index in [1.54, 1.807) is 12.1 Å². The molecule has 0 aliphatic carbocycles. The molecule has 3 heteroatoms. The lowest BCUT2D eigenvalue weighted by molar-refractivity contribution is 0.474. The average molecular weight is 485 g/mol. The molecule has 0 aromatic heterocycles. The summed E-state index contributed by atoms with van der Waals surface area (Å²) in [6, 6.07) is 46.0. The van der Waals surface area contributed by atoms with E-state index in [9.17, 15) is 5.11 Å². The van der Waals surface area contributed by atoms with Crippen molar-refractivity contribution in [3.8, 4) is 5.75 Å². The maximum atomic E-state index is 15.4. The van der Waals surface area contributed by atoms with Crippen LogP contribution in [0.25, 0.3) is 10.9 Å². The van der Waals surface area contributed by atoms with Crippen molar-refractivity contribution in [1.29, 1.82) is 0 Å². The Morgan fingerprint density at radius 3 is 1.36 bits per heavy atom. The Morgan fingerprint density at radius 1 is 0.528 bits per heavy atom. The largest absolute Gasteiger partial charge is 0.507 e. The zero-order valence-electron chi connectivity index (χ0n) is 19.7. The number of phenolic OH excluding ortho intramolecular Hbond substituents is 1. The summed E-state index contributed by atoms with van der Waals surface area (Å²) in [4.78, 5) is 0. The average Bonchev–Trinajstić information content (AvgIpc) is 2.96. The third-order valence-corrected chi connectivity index (χ3v) is 9.12. The SMILES string of the molecule is O=P(C(=C=C(c1ccccc1)c1ccccc1)c1ccccc1O)(c1ccccc1)c1ccccc1. The number of benzene rings is 5. The van der Waals surface area contributed by atoms with Crippen molar-refractivity contribution in [1.82, 2.24) is 0 Å². The first kappa shape index (κ1) is 23.4. The van der Waals surface area contributed by atoms with Crippen molar-refractivity contribution < 1.29 is 9.67 Å². The normalized spacial score (nSPS) is 10.9. The van der Waals surface area contributed by atoms with Crippen LogP contribution in [0.2, 0.25) is 0 Å². The van der Waals surface area contributed by atoms with Crippen LogP contribution < -0.4 is 10.6 Å². The van der Waals surface area contributed by atoms with E-state index in [-0.39, 0.29) is 5.75 Å². The molecule has 2 nitrogen and oxygen atoms in total. The molecule has 5 aromatic rings. The molecular formula is C33H25O2P. The second-order valence-electron chi connectivity index (χ2n) is 8.38. The molecule has 0 saturated carbocycles. The van der Waals surface area contributed by atoms with Gasteiger partial charge < -0.3 is 9.67 Å². The summed E-state index contributed by atoms with van der Waals surface area (Å²) in [6.45, 7) is 0. The smallest absolute Gasteiger partial charge is 0.179 e. The van der Waals surface area contributed by atoms with Crippen LogP contribution in [0.1, 0.15) is 16.7 Å². The highest BCUT2D eigenvalue weighted by Crippen LogP contribution is 2.58. The van der Waals surface area contributed by atoms with Gasteiger partial charge in [-0.1, -0.05) is 139 Å². The number of aromatic hydroxyl groups is 1. The third kappa shape index (κ3) is 4.61. The highest BCUT2D eigenvalue weighted by Gasteiger charge is 2.34. The summed E-state index contributed by atoms with van der Waals surface area (Å²) in [7, 11) is -3.45. The van der Waals surface area contributed by atoms with Crippen molar-refractivity contribution in [3.63, 3.8) is 0 Å². The predicted octanol–water partition coefficient (Wildman–Crippen LogP) is 7.48. The van der Waals surface area contributed by atoms with Gasteiger partial charge in [-0.3, -0.25) is 0 Å². The van der Waals surface area contributed by atoms with Crippen molar-refractivity contribution in [3.05, 3.63) is 168 Å². The molecule has 36 heavy (non-hydrogen) atoms. The van der Waals surface area contributed by atoms with Crippen LogP contribution >= 0.6 is 7.14 Å². The lowest BCUT2D eigenvalue weighted by atomic mass is 9.98. The van der Waals surface area contributed by atoms with E-state index in [1.807, 2.05) is 133 Å². The number of para-hydroxylation sites is 1. The number of hydrogen-bond donors (Lipinski definition) is 1. The standard InChI is InChI=1S/C33H25O2P/c34-32-24-14-13-23-30(32)33(25-31(26-15-5-1-6-16-26)27-17-7-2-8-18-27)36(35,28-19-9-3-10-20-28)29-21-11-4-12-22-29/h1-24,34H. The highest BCUT2D eigenvalue weighted by molar-refractivity contribution is 7.87. The molecule has 0 heterocycles. The highest BCUT2D eigenvalue weighted by atomic mass is 31.2. The Hall–Kier alpha value is -4.35. The second-order valence-corrected chi connectivity index (χ2v) is 11.1. The number of phenols is 1. The Balaban J connectivity index is 1.97. The maximum absolute atomic E-state index is 15.4. The fourth-order valence-corrected chi connectivity index (χ4v) is 7.11. The fourth-order valence-electron chi connectivity index (χ4n) is 4.31. The van der Waals surface area contributed by atoms with E-state index < -0.39 is 7.14 Å². The van der Waals surface area contributed by atoms with Gasteiger partial charge in [0, 0.05) is 21.7 Å². The molecule has 0 aliphatic rings. The Labute approximate surface area is 211 Å². The van der Waals surface area contributed by atoms with Gasteiger partial charge in [0.1, 0.15) is 5.75 Å². The monoisotopic (exact) mass is 484 g/mol. The summed E-state index contributed by atoms with van der Waals surface area (Å²) in [5.74, 6) is 0.0626. The lowest BCUT2D eigenvalue weighted by Crippen LogP contribution is -2.17. The van der Waals surface area contributed by atoms with E-state index in [2.05, 4.69) is 5.73 Å². The summed E-state index contributed by atoms with van der Waals surface area (Å²) in [5, 5.41) is 12.8. The molecule has 0 bridgehead atoms. The Bertz CT molecular complexity index is 1480. The molecule has 1 N–H and O–H groups in total. The molecule has 0 aliphatic heterocycles. The summed E-state index contributed by atoms with van der Waals surface area (Å²) in [5.41, 5.74) is 6.79. The lowest BCUT2D eigenvalue weighted by Gasteiger charge is -2.22. The van der Waals surface area contributed by atoms with Crippen LogP contribution in [-0.2, 0) is 4.57 Å². The minimum absolute atomic E-state index is 0.0626. The van der Waals surface area contributed by atoms with Crippen molar-refractivity contribution in [2.45, 2.75) is 0 Å². The van der Waals surface area contributed by atoms with Gasteiger partial charge in [-0.25, -0.2) is 0 Å². The molecule has 0 amide bonds. The van der Waals surface area contributed by atoms with E-state index in [1.165, 1.54) is 0 Å². The van der Waals surface area contributed by atoms with Gasteiger partial charge in [0.25, 0.3) is 0 Å². The van der Waals surface area contributed by atoms with Crippen LogP contribution in [0.15, 0.2) is 151 Å². The van der Waals surface area contributed by atoms with Gasteiger partial charge >= 0.3 is 0 Å². The molecule has 5 rings (SSSR count). The topological polar surface area (TPSA) is 37.3 Å². The molecule has 0 unspecified atom stereocenters. The second kappa shape index (κ2) is 10.5. The van der Waals surface area contributed by atoms with Gasteiger partial charge in [0.2, 0.25) is 0 Å². The molecule has 0 radical (unpaired) electrons. The van der Waals surface area contributed by atoms with E-state index in [0.29, 0.717) is 21.5 Å². The molecular weight excluding hydrogens is 459 g/mol. The van der Waals surface area contributed by atoms with Crippen LogP contribution in [0.3, 0.4) is 0 Å². The summed E-state index contributed by atoms with van der Waals surface area (Å²) in [6.07, 6.45) is 0.